The highest BCUT2D eigenvalue weighted by molar-refractivity contribution is 5.96. The molecule has 0 saturated heterocycles. The lowest BCUT2D eigenvalue weighted by Crippen LogP contribution is -2.28. The zero-order chi connectivity index (χ0) is 22.6. The van der Waals surface area contributed by atoms with Crippen LogP contribution >= 0.6 is 0 Å². The molecule has 2 heterocycles. The van der Waals surface area contributed by atoms with Crippen LogP contribution in [-0.2, 0) is 24.2 Å². The van der Waals surface area contributed by atoms with Gasteiger partial charge >= 0.3 is 0 Å². The molecule has 2 aromatic heterocycles. The molecule has 0 spiro atoms. The standard InChI is InChI=1S/C24H31N7O/c1-19-9-5-2-3-6-10-20(14-13-19)23(32)26-15-16-31-18-22(29-30-31)12-8-4-7-11-21-17-27-24(25)28-21/h2-3,5,9-10,13-14,17-18H,1,4,6-8,11-12,15-16H2,(H,26,32)(H3,25,27,28)/b3-2-,9-5-,14-13?,20-10+. The average Bonchev–Trinajstić information content (AvgIpc) is 3.41. The number of H-pyrrole nitrogens is 1. The highest BCUT2D eigenvalue weighted by Crippen LogP contribution is 2.09. The molecule has 3 rings (SSSR count). The van der Waals surface area contributed by atoms with Gasteiger partial charge in [0.15, 0.2) is 5.95 Å². The maximum atomic E-state index is 12.5. The third-order valence-electron chi connectivity index (χ3n) is 5.01. The quantitative estimate of drug-likeness (QED) is 0.498. The molecule has 0 bridgehead atoms. The van der Waals surface area contributed by atoms with E-state index in [0.29, 0.717) is 31.0 Å². The van der Waals surface area contributed by atoms with Gasteiger partial charge in [-0.2, -0.15) is 0 Å². The minimum Gasteiger partial charge on any atom is -0.369 e. The number of nitrogens with two attached hydrogens (primary N) is 1. The Labute approximate surface area is 188 Å². The van der Waals surface area contributed by atoms with Crippen LogP contribution in [-0.4, -0.2) is 37.4 Å². The van der Waals surface area contributed by atoms with Gasteiger partial charge in [0.25, 0.3) is 5.91 Å². The molecule has 0 aliphatic heterocycles. The van der Waals surface area contributed by atoms with Gasteiger partial charge in [-0.25, -0.2) is 4.98 Å². The van der Waals surface area contributed by atoms with E-state index in [0.717, 1.165) is 49.1 Å². The molecule has 2 aromatic rings. The predicted octanol–water partition coefficient (Wildman–Crippen LogP) is 3.21. The van der Waals surface area contributed by atoms with Crippen LogP contribution in [0.25, 0.3) is 0 Å². The maximum absolute atomic E-state index is 12.5. The number of nitrogens with zero attached hydrogens (tertiary/aromatic N) is 4. The molecule has 0 unspecified atom stereocenters. The third kappa shape index (κ3) is 7.86. The molecular formula is C24H31N7O. The first-order valence-electron chi connectivity index (χ1n) is 11.0. The van der Waals surface area contributed by atoms with Gasteiger partial charge < -0.3 is 16.0 Å². The second-order valence-electron chi connectivity index (χ2n) is 7.67. The Morgan fingerprint density at radius 3 is 2.91 bits per heavy atom. The monoisotopic (exact) mass is 433 g/mol. The number of allylic oxidation sites excluding steroid dienone is 7. The highest BCUT2D eigenvalue weighted by atomic mass is 16.1. The summed E-state index contributed by atoms with van der Waals surface area (Å²) in [6.07, 6.45) is 22.9. The van der Waals surface area contributed by atoms with E-state index in [1.54, 1.807) is 17.0 Å². The number of rotatable bonds is 10. The first-order valence-corrected chi connectivity index (χ1v) is 11.0. The Kier molecular flexibility index (Phi) is 8.80. The van der Waals surface area contributed by atoms with Crippen molar-refractivity contribution in [3.8, 4) is 0 Å². The Morgan fingerprint density at radius 2 is 2.06 bits per heavy atom. The smallest absolute Gasteiger partial charge is 0.251 e. The fraction of sp³-hybridized carbons (Fsp3) is 0.333. The average molecular weight is 434 g/mol. The molecule has 1 aliphatic carbocycles. The zero-order valence-corrected chi connectivity index (χ0v) is 18.3. The lowest BCUT2D eigenvalue weighted by atomic mass is 10.1. The number of amides is 1. The van der Waals surface area contributed by atoms with Crippen molar-refractivity contribution in [2.75, 3.05) is 12.3 Å². The molecule has 32 heavy (non-hydrogen) atoms. The summed E-state index contributed by atoms with van der Waals surface area (Å²) >= 11 is 0. The van der Waals surface area contributed by atoms with Crippen molar-refractivity contribution in [2.24, 2.45) is 0 Å². The van der Waals surface area contributed by atoms with Gasteiger partial charge in [-0.1, -0.05) is 54.7 Å². The SMILES string of the molecule is C=C1C=C/C(C(=O)NCCn2cc(CCCCCc3cnc(N)[nH]3)nn2)=C\C/C=C\C=C/1. The number of hydrogen-bond acceptors (Lipinski definition) is 5. The lowest BCUT2D eigenvalue weighted by molar-refractivity contribution is -0.117. The van der Waals surface area contributed by atoms with Crippen molar-refractivity contribution in [3.05, 3.63) is 84.0 Å². The van der Waals surface area contributed by atoms with E-state index < -0.39 is 0 Å². The second-order valence-corrected chi connectivity index (χ2v) is 7.67. The summed E-state index contributed by atoms with van der Waals surface area (Å²) in [7, 11) is 0. The minimum absolute atomic E-state index is 0.105. The predicted molar refractivity (Wildman–Crippen MR) is 127 cm³/mol. The van der Waals surface area contributed by atoms with Gasteiger partial charge in [-0.15, -0.1) is 5.10 Å². The maximum Gasteiger partial charge on any atom is 0.251 e. The van der Waals surface area contributed by atoms with Crippen molar-refractivity contribution in [2.45, 2.75) is 45.1 Å². The van der Waals surface area contributed by atoms with Gasteiger partial charge in [0.2, 0.25) is 0 Å². The fourth-order valence-corrected chi connectivity index (χ4v) is 3.27. The zero-order valence-electron chi connectivity index (χ0n) is 18.3. The van der Waals surface area contributed by atoms with Gasteiger partial charge in [0.05, 0.1) is 18.4 Å². The third-order valence-corrected chi connectivity index (χ3v) is 5.01. The Bertz CT molecular complexity index is 1020. The van der Waals surface area contributed by atoms with E-state index in [-0.39, 0.29) is 5.91 Å². The number of unbranched alkanes of at least 4 members (excludes halogenated alkanes) is 2. The van der Waals surface area contributed by atoms with E-state index in [9.17, 15) is 4.79 Å². The Balaban J connectivity index is 1.35. The number of aromatic nitrogens is 5. The van der Waals surface area contributed by atoms with Gasteiger partial charge in [0, 0.05) is 24.0 Å². The van der Waals surface area contributed by atoms with E-state index in [2.05, 4.69) is 32.2 Å². The summed E-state index contributed by atoms with van der Waals surface area (Å²) in [5, 5.41) is 11.4. The number of aryl methyl sites for hydroxylation is 2. The van der Waals surface area contributed by atoms with Crippen molar-refractivity contribution < 1.29 is 4.79 Å². The van der Waals surface area contributed by atoms with Crippen molar-refractivity contribution in [3.63, 3.8) is 0 Å². The van der Waals surface area contributed by atoms with E-state index >= 15 is 0 Å². The van der Waals surface area contributed by atoms with Crippen LogP contribution in [0.2, 0.25) is 0 Å². The molecule has 8 heteroatoms. The molecule has 4 N–H and O–H groups in total. The molecular weight excluding hydrogens is 402 g/mol. The van der Waals surface area contributed by atoms with Crippen LogP contribution in [0.3, 0.4) is 0 Å². The van der Waals surface area contributed by atoms with Crippen molar-refractivity contribution in [1.82, 2.24) is 30.3 Å². The highest BCUT2D eigenvalue weighted by Gasteiger charge is 2.07. The van der Waals surface area contributed by atoms with Crippen LogP contribution in [0.1, 0.15) is 37.1 Å². The van der Waals surface area contributed by atoms with Crippen molar-refractivity contribution >= 4 is 11.9 Å². The summed E-state index contributed by atoms with van der Waals surface area (Å²) in [5.74, 6) is 0.364. The van der Waals surface area contributed by atoms with Crippen LogP contribution in [0, 0.1) is 0 Å². The van der Waals surface area contributed by atoms with Crippen molar-refractivity contribution in [1.29, 1.82) is 0 Å². The molecule has 0 aromatic carbocycles. The first-order chi connectivity index (χ1) is 15.6. The molecule has 1 aliphatic rings. The van der Waals surface area contributed by atoms with Crippen LogP contribution in [0.5, 0.6) is 0 Å². The number of hydrogen-bond donors (Lipinski definition) is 3. The topological polar surface area (TPSA) is 115 Å². The molecule has 0 fully saturated rings. The number of carbonyl (C=O) groups is 1. The first kappa shape index (κ1) is 23.0. The summed E-state index contributed by atoms with van der Waals surface area (Å²) < 4.78 is 1.77. The van der Waals surface area contributed by atoms with Gasteiger partial charge in [-0.3, -0.25) is 9.48 Å². The number of carbonyl (C=O) groups excluding carboxylic acids is 1. The molecule has 168 valence electrons. The number of imidazole rings is 1. The Morgan fingerprint density at radius 1 is 1.19 bits per heavy atom. The molecule has 0 atom stereocenters. The molecule has 0 radical (unpaired) electrons. The largest absolute Gasteiger partial charge is 0.369 e. The Hall–Kier alpha value is -3.68. The van der Waals surface area contributed by atoms with E-state index in [4.69, 9.17) is 5.73 Å². The minimum atomic E-state index is -0.105. The fourth-order valence-electron chi connectivity index (χ4n) is 3.27. The van der Waals surface area contributed by atoms with Crippen LogP contribution < -0.4 is 11.1 Å². The number of nitrogens with one attached hydrogen (secondary N) is 2. The summed E-state index contributed by atoms with van der Waals surface area (Å²) in [6, 6.07) is 0. The van der Waals surface area contributed by atoms with E-state index in [1.807, 2.05) is 42.7 Å². The molecule has 8 nitrogen and oxygen atoms in total. The molecule has 0 saturated carbocycles. The number of anilines is 1. The van der Waals surface area contributed by atoms with Crippen LogP contribution in [0.15, 0.2) is 72.7 Å². The number of nitrogen functional groups attached to an aromatic ring is 1. The number of aromatic amines is 1. The normalized spacial score (nSPS) is 17.5. The van der Waals surface area contributed by atoms with Gasteiger partial charge in [-0.05, 0) is 43.8 Å². The van der Waals surface area contributed by atoms with Gasteiger partial charge in [0.1, 0.15) is 0 Å². The van der Waals surface area contributed by atoms with Crippen LogP contribution in [0.4, 0.5) is 5.95 Å². The molecule has 1 amide bonds. The van der Waals surface area contributed by atoms with E-state index in [1.165, 1.54) is 0 Å². The second kappa shape index (κ2) is 12.2. The summed E-state index contributed by atoms with van der Waals surface area (Å²) in [5.41, 5.74) is 9.10. The lowest BCUT2D eigenvalue weighted by Gasteiger charge is -2.06. The summed E-state index contributed by atoms with van der Waals surface area (Å²) in [4.78, 5) is 19.6. The summed E-state index contributed by atoms with van der Waals surface area (Å²) in [6.45, 7) is 5.00.